The van der Waals surface area contributed by atoms with Crippen LogP contribution in [0.15, 0.2) is 60.7 Å². The molecule has 0 aromatic heterocycles. The third kappa shape index (κ3) is 7.29. The first-order valence-corrected chi connectivity index (χ1v) is 3.33. The summed E-state index contributed by atoms with van der Waals surface area (Å²) in [6.07, 6.45) is 0. The molecule has 2 aromatic carbocycles. The molecule has 0 saturated carbocycles. The van der Waals surface area contributed by atoms with Gasteiger partial charge in [-0.3, -0.25) is 0 Å². The SMILES string of the molecule is N.[Fe+2].c1cc[cH-]c1.c1cc[cH-]c1. The first kappa shape index (κ1) is 13.7. The first-order valence-electron chi connectivity index (χ1n) is 3.33. The Labute approximate surface area is 84.2 Å². The smallest absolute Gasteiger partial charge is 0.344 e. The molecule has 0 atom stereocenters. The number of hydrogen-bond donors (Lipinski definition) is 1. The van der Waals surface area contributed by atoms with Gasteiger partial charge in [0.2, 0.25) is 0 Å². The van der Waals surface area contributed by atoms with Crippen molar-refractivity contribution in [1.29, 1.82) is 0 Å². The second-order valence-corrected chi connectivity index (χ2v) is 1.92. The van der Waals surface area contributed by atoms with Gasteiger partial charge < -0.3 is 6.15 Å². The van der Waals surface area contributed by atoms with Crippen LogP contribution in [0.25, 0.3) is 0 Å². The van der Waals surface area contributed by atoms with Crippen molar-refractivity contribution < 1.29 is 17.1 Å². The summed E-state index contributed by atoms with van der Waals surface area (Å²) in [5, 5.41) is 0. The maximum absolute atomic E-state index is 2.00. The van der Waals surface area contributed by atoms with Crippen molar-refractivity contribution in [2.24, 2.45) is 0 Å². The Morgan fingerprint density at radius 3 is 0.917 bits per heavy atom. The number of rotatable bonds is 0. The molecule has 0 saturated heterocycles. The molecule has 1 nitrogen and oxygen atoms in total. The van der Waals surface area contributed by atoms with Gasteiger partial charge in [-0.05, 0) is 0 Å². The van der Waals surface area contributed by atoms with Crippen molar-refractivity contribution in [3.05, 3.63) is 60.7 Å². The van der Waals surface area contributed by atoms with Crippen LogP contribution in [-0.4, -0.2) is 0 Å². The Morgan fingerprint density at radius 1 is 0.583 bits per heavy atom. The van der Waals surface area contributed by atoms with Gasteiger partial charge in [-0.25, -0.2) is 24.3 Å². The van der Waals surface area contributed by atoms with E-state index in [0.29, 0.717) is 0 Å². The Hall–Kier alpha value is -0.821. The summed E-state index contributed by atoms with van der Waals surface area (Å²) < 4.78 is 0. The first-order chi connectivity index (χ1) is 5.00. The fourth-order valence-electron chi connectivity index (χ4n) is 0.642. The second kappa shape index (κ2) is 10.2. The molecule has 0 amide bonds. The molecule has 0 aliphatic rings. The third-order valence-electron chi connectivity index (χ3n) is 1.11. The van der Waals surface area contributed by atoms with Gasteiger partial charge in [0.25, 0.3) is 0 Å². The maximum atomic E-state index is 2.00. The summed E-state index contributed by atoms with van der Waals surface area (Å²) in [5.41, 5.74) is 0. The molecule has 3 N–H and O–H groups in total. The molecule has 2 rings (SSSR count). The Bertz CT molecular complexity index is 149. The predicted molar refractivity (Wildman–Crippen MR) is 49.1 cm³/mol. The minimum Gasteiger partial charge on any atom is -0.344 e. The average molecular weight is 203 g/mol. The fourth-order valence-corrected chi connectivity index (χ4v) is 0.642. The van der Waals surface area contributed by atoms with Crippen molar-refractivity contribution in [3.8, 4) is 0 Å². The van der Waals surface area contributed by atoms with E-state index in [2.05, 4.69) is 0 Å². The summed E-state index contributed by atoms with van der Waals surface area (Å²) in [4.78, 5) is 0. The summed E-state index contributed by atoms with van der Waals surface area (Å²) in [5.74, 6) is 0. The summed E-state index contributed by atoms with van der Waals surface area (Å²) in [6.45, 7) is 0. The number of hydrogen-bond acceptors (Lipinski definition) is 1. The van der Waals surface area contributed by atoms with Crippen LogP contribution in [-0.2, 0) is 17.1 Å². The molecule has 0 unspecified atom stereocenters. The Kier molecular flexibility index (Phi) is 11.7. The molecule has 2 heteroatoms. The zero-order valence-electron chi connectivity index (χ0n) is 6.83. The van der Waals surface area contributed by atoms with E-state index in [9.17, 15) is 0 Å². The molecular weight excluding hydrogens is 190 g/mol. The van der Waals surface area contributed by atoms with E-state index in [1.807, 2.05) is 60.7 Å². The standard InChI is InChI=1S/2C5H5.Fe.H3N/c2*1-2-4-5-3-1;;/h2*1-5H;;1H3/q2*-1;+2;. The Balaban J connectivity index is 0. The van der Waals surface area contributed by atoms with Gasteiger partial charge in [0, 0.05) is 0 Å². The van der Waals surface area contributed by atoms with Gasteiger partial charge in [-0.15, -0.1) is 0 Å². The topological polar surface area (TPSA) is 35.0 Å². The minimum atomic E-state index is 0. The predicted octanol–water partition coefficient (Wildman–Crippen LogP) is 2.97. The van der Waals surface area contributed by atoms with Crippen LogP contribution in [0.3, 0.4) is 0 Å². The second-order valence-electron chi connectivity index (χ2n) is 1.92. The summed E-state index contributed by atoms with van der Waals surface area (Å²) >= 11 is 0. The van der Waals surface area contributed by atoms with Crippen molar-refractivity contribution in [3.63, 3.8) is 0 Å². The van der Waals surface area contributed by atoms with Crippen molar-refractivity contribution in [2.45, 2.75) is 0 Å². The zero-order valence-corrected chi connectivity index (χ0v) is 7.94. The van der Waals surface area contributed by atoms with Gasteiger partial charge in [-0.1, -0.05) is 0 Å². The molecule has 0 radical (unpaired) electrons. The molecule has 66 valence electrons. The van der Waals surface area contributed by atoms with Crippen molar-refractivity contribution >= 4 is 0 Å². The molecule has 0 bridgehead atoms. The van der Waals surface area contributed by atoms with E-state index in [4.69, 9.17) is 0 Å². The fraction of sp³-hybridized carbons (Fsp3) is 0. The van der Waals surface area contributed by atoms with Crippen LogP contribution in [0.1, 0.15) is 0 Å². The molecule has 2 aromatic rings. The van der Waals surface area contributed by atoms with Crippen LogP contribution in [0, 0.1) is 0 Å². The van der Waals surface area contributed by atoms with Gasteiger partial charge >= 0.3 is 17.1 Å². The van der Waals surface area contributed by atoms with Crippen molar-refractivity contribution in [1.82, 2.24) is 6.15 Å². The minimum absolute atomic E-state index is 0. The van der Waals surface area contributed by atoms with Crippen LogP contribution in [0.5, 0.6) is 0 Å². The van der Waals surface area contributed by atoms with Crippen LogP contribution in [0.2, 0.25) is 0 Å². The van der Waals surface area contributed by atoms with E-state index in [-0.39, 0.29) is 23.2 Å². The quantitative estimate of drug-likeness (QED) is 0.518. The van der Waals surface area contributed by atoms with Gasteiger partial charge in [-0.2, -0.15) is 36.4 Å². The largest absolute Gasteiger partial charge is 2.00 e. The average Bonchev–Trinajstić information content (AvgIpc) is 2.67. The van der Waals surface area contributed by atoms with Crippen molar-refractivity contribution in [2.75, 3.05) is 0 Å². The molecule has 0 aliphatic carbocycles. The van der Waals surface area contributed by atoms with Crippen LogP contribution < -0.4 is 6.15 Å². The molecule has 0 aliphatic heterocycles. The van der Waals surface area contributed by atoms with Crippen LogP contribution >= 0.6 is 0 Å². The monoisotopic (exact) mass is 203 g/mol. The summed E-state index contributed by atoms with van der Waals surface area (Å²) in [6, 6.07) is 20.0. The molecule has 12 heavy (non-hydrogen) atoms. The van der Waals surface area contributed by atoms with E-state index < -0.39 is 0 Å². The van der Waals surface area contributed by atoms with Gasteiger partial charge in [0.1, 0.15) is 0 Å². The molecular formula is C10H13FeN. The molecule has 0 heterocycles. The summed E-state index contributed by atoms with van der Waals surface area (Å²) in [7, 11) is 0. The normalized spacial score (nSPS) is 6.67. The zero-order chi connectivity index (χ0) is 7.07. The van der Waals surface area contributed by atoms with E-state index >= 15 is 0 Å². The van der Waals surface area contributed by atoms with Gasteiger partial charge in [0.15, 0.2) is 0 Å². The Morgan fingerprint density at radius 2 is 0.833 bits per heavy atom. The molecule has 0 fully saturated rings. The van der Waals surface area contributed by atoms with E-state index in [1.54, 1.807) is 0 Å². The third-order valence-corrected chi connectivity index (χ3v) is 1.11. The van der Waals surface area contributed by atoms with Gasteiger partial charge in [0.05, 0.1) is 0 Å². The van der Waals surface area contributed by atoms with E-state index in [0.717, 1.165) is 0 Å². The maximum Gasteiger partial charge on any atom is 2.00 e. The molecule has 0 spiro atoms. The van der Waals surface area contributed by atoms with Crippen LogP contribution in [0.4, 0.5) is 0 Å². The van der Waals surface area contributed by atoms with E-state index in [1.165, 1.54) is 0 Å².